The van der Waals surface area contributed by atoms with Crippen LogP contribution in [0.3, 0.4) is 0 Å². The fourth-order valence-corrected chi connectivity index (χ4v) is 3.59. The van der Waals surface area contributed by atoms with E-state index < -0.39 is 0 Å². The van der Waals surface area contributed by atoms with Crippen molar-refractivity contribution in [3.8, 4) is 0 Å². The smallest absolute Gasteiger partial charge is 0.276 e. The van der Waals surface area contributed by atoms with Crippen LogP contribution in [0.2, 0.25) is 0 Å². The fraction of sp³-hybridized carbons (Fsp3) is 0.200. The predicted octanol–water partition coefficient (Wildman–Crippen LogP) is 3.74. The van der Waals surface area contributed by atoms with Crippen molar-refractivity contribution in [3.63, 3.8) is 0 Å². The standard InChI is InChI=1S/C20H18N4O2S/c1-13-8-9-16-17(10-13)24(19(25)14(2)21-16)11-18-22-23-20(26-18)27-12-15-6-4-3-5-7-15/h3-10H,11-12H2,1-2H3. The quantitative estimate of drug-likeness (QED) is 0.493. The minimum Gasteiger partial charge on any atom is -0.414 e. The summed E-state index contributed by atoms with van der Waals surface area (Å²) in [6.07, 6.45) is 0. The van der Waals surface area contributed by atoms with Gasteiger partial charge < -0.3 is 4.42 Å². The van der Waals surface area contributed by atoms with Gasteiger partial charge in [0, 0.05) is 5.75 Å². The molecule has 0 unspecified atom stereocenters. The van der Waals surface area contributed by atoms with E-state index in [2.05, 4.69) is 27.3 Å². The van der Waals surface area contributed by atoms with Gasteiger partial charge in [0.2, 0.25) is 5.89 Å². The molecule has 0 atom stereocenters. The van der Waals surface area contributed by atoms with Crippen LogP contribution in [0, 0.1) is 13.8 Å². The first kappa shape index (κ1) is 17.5. The SMILES string of the molecule is Cc1ccc2nc(C)c(=O)n(Cc3nnc(SCc4ccccc4)o3)c2c1. The lowest BCUT2D eigenvalue weighted by molar-refractivity contribution is 0.404. The Bertz CT molecular complexity index is 1150. The summed E-state index contributed by atoms with van der Waals surface area (Å²) < 4.78 is 7.39. The highest BCUT2D eigenvalue weighted by Crippen LogP contribution is 2.22. The molecule has 0 N–H and O–H groups in total. The van der Waals surface area contributed by atoms with E-state index in [1.54, 1.807) is 11.5 Å². The number of fused-ring (bicyclic) bond motifs is 1. The Labute approximate surface area is 160 Å². The normalized spacial score (nSPS) is 11.2. The molecule has 0 saturated heterocycles. The zero-order valence-corrected chi connectivity index (χ0v) is 15.9. The lowest BCUT2D eigenvalue weighted by Crippen LogP contribution is -2.24. The number of aryl methyl sites for hydroxylation is 2. The molecule has 0 fully saturated rings. The van der Waals surface area contributed by atoms with Gasteiger partial charge in [-0.3, -0.25) is 9.36 Å². The summed E-state index contributed by atoms with van der Waals surface area (Å²) in [4.78, 5) is 17.0. The zero-order chi connectivity index (χ0) is 18.8. The second-order valence-corrected chi connectivity index (χ2v) is 7.24. The van der Waals surface area contributed by atoms with E-state index in [0.29, 0.717) is 16.8 Å². The third-order valence-corrected chi connectivity index (χ3v) is 5.10. The lowest BCUT2D eigenvalue weighted by atomic mass is 10.2. The van der Waals surface area contributed by atoms with Gasteiger partial charge in [0.15, 0.2) is 0 Å². The molecule has 0 aliphatic heterocycles. The molecule has 0 radical (unpaired) electrons. The van der Waals surface area contributed by atoms with Crippen molar-refractivity contribution in [2.45, 2.75) is 31.4 Å². The number of thioether (sulfide) groups is 1. The van der Waals surface area contributed by atoms with Crippen LogP contribution in [0.4, 0.5) is 0 Å². The highest BCUT2D eigenvalue weighted by Gasteiger charge is 2.13. The highest BCUT2D eigenvalue weighted by atomic mass is 32.2. The summed E-state index contributed by atoms with van der Waals surface area (Å²) in [6.45, 7) is 3.92. The molecule has 0 aliphatic carbocycles. The van der Waals surface area contributed by atoms with Crippen LogP contribution in [-0.2, 0) is 12.3 Å². The van der Waals surface area contributed by atoms with Crippen molar-refractivity contribution in [3.05, 3.63) is 81.6 Å². The zero-order valence-electron chi connectivity index (χ0n) is 15.0. The van der Waals surface area contributed by atoms with Gasteiger partial charge in [-0.05, 0) is 37.1 Å². The van der Waals surface area contributed by atoms with E-state index in [0.717, 1.165) is 22.3 Å². The molecule has 6 nitrogen and oxygen atoms in total. The van der Waals surface area contributed by atoms with Gasteiger partial charge >= 0.3 is 0 Å². The molecule has 0 spiro atoms. The Morgan fingerprint density at radius 2 is 1.89 bits per heavy atom. The summed E-state index contributed by atoms with van der Waals surface area (Å²) in [7, 11) is 0. The number of hydrogen-bond donors (Lipinski definition) is 0. The van der Waals surface area contributed by atoms with E-state index in [4.69, 9.17) is 4.42 Å². The van der Waals surface area contributed by atoms with Crippen LogP contribution in [0.15, 0.2) is 63.0 Å². The topological polar surface area (TPSA) is 73.8 Å². The molecule has 2 aromatic heterocycles. The highest BCUT2D eigenvalue weighted by molar-refractivity contribution is 7.98. The van der Waals surface area contributed by atoms with Gasteiger partial charge in [-0.1, -0.05) is 48.2 Å². The summed E-state index contributed by atoms with van der Waals surface area (Å²) in [5, 5.41) is 8.69. The monoisotopic (exact) mass is 378 g/mol. The van der Waals surface area contributed by atoms with Gasteiger partial charge in [0.25, 0.3) is 10.8 Å². The maximum absolute atomic E-state index is 12.6. The van der Waals surface area contributed by atoms with Crippen LogP contribution < -0.4 is 5.56 Å². The van der Waals surface area contributed by atoms with Crippen molar-refractivity contribution < 1.29 is 4.42 Å². The third-order valence-electron chi connectivity index (χ3n) is 4.21. The summed E-state index contributed by atoms with van der Waals surface area (Å²) >= 11 is 1.48. The molecule has 27 heavy (non-hydrogen) atoms. The Morgan fingerprint density at radius 3 is 2.70 bits per heavy atom. The van der Waals surface area contributed by atoms with Crippen molar-refractivity contribution in [1.82, 2.24) is 19.7 Å². The Balaban J connectivity index is 1.60. The van der Waals surface area contributed by atoms with Crippen LogP contribution in [0.25, 0.3) is 11.0 Å². The number of rotatable bonds is 5. The maximum Gasteiger partial charge on any atom is 0.276 e. The molecule has 2 aromatic carbocycles. The van der Waals surface area contributed by atoms with Crippen molar-refractivity contribution in [2.75, 3.05) is 0 Å². The summed E-state index contributed by atoms with van der Waals surface area (Å²) in [6, 6.07) is 15.9. The molecule has 0 saturated carbocycles. The molecule has 7 heteroatoms. The molecule has 136 valence electrons. The summed E-state index contributed by atoms with van der Waals surface area (Å²) in [5.41, 5.74) is 4.09. The molecular formula is C20H18N4O2S. The average molecular weight is 378 g/mol. The lowest BCUT2D eigenvalue weighted by Gasteiger charge is -2.09. The second kappa shape index (κ2) is 7.36. The molecule has 0 aliphatic rings. The molecule has 2 heterocycles. The summed E-state index contributed by atoms with van der Waals surface area (Å²) in [5.74, 6) is 1.15. The van der Waals surface area contributed by atoms with Crippen molar-refractivity contribution in [2.24, 2.45) is 0 Å². The first-order valence-corrected chi connectivity index (χ1v) is 9.55. The minimum atomic E-state index is -0.148. The van der Waals surface area contributed by atoms with E-state index in [-0.39, 0.29) is 12.1 Å². The Hall–Kier alpha value is -2.93. The second-order valence-electron chi connectivity index (χ2n) is 6.32. The molecule has 4 rings (SSSR count). The van der Waals surface area contributed by atoms with Crippen molar-refractivity contribution >= 4 is 22.8 Å². The van der Waals surface area contributed by atoms with Gasteiger partial charge in [-0.15, -0.1) is 10.2 Å². The molecule has 4 aromatic rings. The third kappa shape index (κ3) is 3.78. The van der Waals surface area contributed by atoms with E-state index in [1.165, 1.54) is 17.3 Å². The number of hydrogen-bond acceptors (Lipinski definition) is 6. The maximum atomic E-state index is 12.6. The number of aromatic nitrogens is 4. The van der Waals surface area contributed by atoms with E-state index >= 15 is 0 Å². The first-order chi connectivity index (χ1) is 13.1. The van der Waals surface area contributed by atoms with Gasteiger partial charge in [0.1, 0.15) is 12.2 Å². The molecule has 0 amide bonds. The van der Waals surface area contributed by atoms with Gasteiger partial charge in [-0.25, -0.2) is 4.98 Å². The van der Waals surface area contributed by atoms with Gasteiger partial charge in [-0.2, -0.15) is 0 Å². The number of nitrogens with zero attached hydrogens (tertiary/aromatic N) is 4. The van der Waals surface area contributed by atoms with E-state index in [1.807, 2.05) is 43.3 Å². The first-order valence-electron chi connectivity index (χ1n) is 8.57. The molecular weight excluding hydrogens is 360 g/mol. The van der Waals surface area contributed by atoms with Crippen LogP contribution in [0.5, 0.6) is 0 Å². The minimum absolute atomic E-state index is 0.148. The van der Waals surface area contributed by atoms with Gasteiger partial charge in [0.05, 0.1) is 11.0 Å². The predicted molar refractivity (Wildman–Crippen MR) is 105 cm³/mol. The fourth-order valence-electron chi connectivity index (χ4n) is 2.85. The largest absolute Gasteiger partial charge is 0.414 e. The van der Waals surface area contributed by atoms with Crippen LogP contribution in [0.1, 0.15) is 22.7 Å². The van der Waals surface area contributed by atoms with Crippen LogP contribution in [-0.4, -0.2) is 19.7 Å². The Kier molecular flexibility index (Phi) is 4.77. The Morgan fingerprint density at radius 1 is 1.07 bits per heavy atom. The van der Waals surface area contributed by atoms with E-state index in [9.17, 15) is 4.79 Å². The average Bonchev–Trinajstić information content (AvgIpc) is 3.13. The number of benzene rings is 2. The molecule has 0 bridgehead atoms. The van der Waals surface area contributed by atoms with Crippen LogP contribution >= 0.6 is 11.8 Å². The van der Waals surface area contributed by atoms with Crippen molar-refractivity contribution in [1.29, 1.82) is 0 Å².